The Morgan fingerprint density at radius 1 is 1.35 bits per heavy atom. The topological polar surface area (TPSA) is 24.9 Å². The Labute approximate surface area is 99.3 Å². The van der Waals surface area contributed by atoms with E-state index in [1.807, 2.05) is 18.2 Å². The fourth-order valence-corrected chi connectivity index (χ4v) is 1.67. The minimum absolute atomic E-state index is 0.0484. The van der Waals surface area contributed by atoms with Gasteiger partial charge in [-0.15, -0.1) is 0 Å². The average molecular weight is 246 g/mol. The van der Waals surface area contributed by atoms with Crippen LogP contribution >= 0.6 is 0 Å². The predicted molar refractivity (Wildman–Crippen MR) is 60.7 cm³/mol. The zero-order valence-electron chi connectivity index (χ0n) is 9.80. The SMILES string of the molecule is CNC(CCCC(F)(F)F)Cc1ccccn1. The van der Waals surface area contributed by atoms with Gasteiger partial charge in [-0.2, -0.15) is 13.2 Å². The van der Waals surface area contributed by atoms with Crippen LogP contribution in [0, 0.1) is 0 Å². The number of alkyl halides is 3. The number of rotatable bonds is 6. The van der Waals surface area contributed by atoms with E-state index in [9.17, 15) is 13.2 Å². The zero-order valence-corrected chi connectivity index (χ0v) is 9.80. The molecule has 0 aliphatic carbocycles. The highest BCUT2D eigenvalue weighted by Crippen LogP contribution is 2.23. The molecule has 0 radical (unpaired) electrons. The van der Waals surface area contributed by atoms with E-state index in [1.165, 1.54) is 0 Å². The van der Waals surface area contributed by atoms with Crippen molar-refractivity contribution in [2.75, 3.05) is 7.05 Å². The first kappa shape index (κ1) is 14.0. The van der Waals surface area contributed by atoms with Gasteiger partial charge >= 0.3 is 6.18 Å². The largest absolute Gasteiger partial charge is 0.389 e. The van der Waals surface area contributed by atoms with E-state index in [1.54, 1.807) is 13.2 Å². The summed E-state index contributed by atoms with van der Waals surface area (Å²) in [6, 6.07) is 5.63. The summed E-state index contributed by atoms with van der Waals surface area (Å²) in [5, 5.41) is 3.03. The molecule has 1 aromatic rings. The lowest BCUT2D eigenvalue weighted by atomic mass is 10.0. The minimum atomic E-state index is -4.05. The summed E-state index contributed by atoms with van der Waals surface area (Å²) in [6.45, 7) is 0. The molecule has 0 fully saturated rings. The number of pyridine rings is 1. The Morgan fingerprint density at radius 3 is 2.65 bits per heavy atom. The van der Waals surface area contributed by atoms with E-state index in [-0.39, 0.29) is 12.5 Å². The second-order valence-corrected chi connectivity index (χ2v) is 4.02. The summed E-state index contributed by atoms with van der Waals surface area (Å²) in [5.74, 6) is 0. The Hall–Kier alpha value is -1.10. The fraction of sp³-hybridized carbons (Fsp3) is 0.583. The van der Waals surface area contributed by atoms with Gasteiger partial charge in [0.05, 0.1) is 0 Å². The smallest absolute Gasteiger partial charge is 0.317 e. The van der Waals surface area contributed by atoms with Gasteiger partial charge in [0.2, 0.25) is 0 Å². The van der Waals surface area contributed by atoms with E-state index < -0.39 is 12.6 Å². The van der Waals surface area contributed by atoms with E-state index >= 15 is 0 Å². The molecule has 0 aliphatic rings. The van der Waals surface area contributed by atoms with Crippen molar-refractivity contribution in [1.82, 2.24) is 10.3 Å². The maximum absolute atomic E-state index is 12.0. The second-order valence-electron chi connectivity index (χ2n) is 4.02. The lowest BCUT2D eigenvalue weighted by molar-refractivity contribution is -0.135. The van der Waals surface area contributed by atoms with Crippen LogP contribution in [-0.2, 0) is 6.42 Å². The minimum Gasteiger partial charge on any atom is -0.317 e. The first-order chi connectivity index (χ1) is 8.01. The molecule has 1 rings (SSSR count). The summed E-state index contributed by atoms with van der Waals surface area (Å²) in [6.07, 6.45) is -1.75. The maximum atomic E-state index is 12.0. The van der Waals surface area contributed by atoms with Crippen LogP contribution in [-0.4, -0.2) is 24.2 Å². The molecule has 0 aliphatic heterocycles. The third-order valence-electron chi connectivity index (χ3n) is 2.60. The molecular weight excluding hydrogens is 229 g/mol. The van der Waals surface area contributed by atoms with Gasteiger partial charge in [-0.1, -0.05) is 6.07 Å². The van der Waals surface area contributed by atoms with E-state index in [0.717, 1.165) is 5.69 Å². The summed E-state index contributed by atoms with van der Waals surface area (Å²) in [4.78, 5) is 4.16. The average Bonchev–Trinajstić information content (AvgIpc) is 2.27. The molecule has 0 spiro atoms. The van der Waals surface area contributed by atoms with Gasteiger partial charge in [0, 0.05) is 30.8 Å². The van der Waals surface area contributed by atoms with Crippen molar-refractivity contribution < 1.29 is 13.2 Å². The van der Waals surface area contributed by atoms with Gasteiger partial charge < -0.3 is 5.32 Å². The van der Waals surface area contributed by atoms with Crippen LogP contribution in [0.4, 0.5) is 13.2 Å². The number of hydrogen-bond donors (Lipinski definition) is 1. The third-order valence-corrected chi connectivity index (χ3v) is 2.60. The molecule has 0 bridgehead atoms. The summed E-state index contributed by atoms with van der Waals surface area (Å²) in [5.41, 5.74) is 0.902. The quantitative estimate of drug-likeness (QED) is 0.834. The van der Waals surface area contributed by atoms with Gasteiger partial charge in [0.15, 0.2) is 0 Å². The van der Waals surface area contributed by atoms with Gasteiger partial charge in [-0.25, -0.2) is 0 Å². The normalized spacial score (nSPS) is 13.6. The van der Waals surface area contributed by atoms with Crippen molar-refractivity contribution in [1.29, 1.82) is 0 Å². The van der Waals surface area contributed by atoms with Crippen molar-refractivity contribution in [2.45, 2.75) is 37.9 Å². The van der Waals surface area contributed by atoms with Crippen LogP contribution in [0.15, 0.2) is 24.4 Å². The molecular formula is C12H17F3N2. The molecule has 96 valence electrons. The van der Waals surface area contributed by atoms with Crippen LogP contribution in [0.25, 0.3) is 0 Å². The van der Waals surface area contributed by atoms with Gasteiger partial charge in [-0.3, -0.25) is 4.98 Å². The van der Waals surface area contributed by atoms with Gasteiger partial charge in [0.25, 0.3) is 0 Å². The van der Waals surface area contributed by atoms with E-state index in [4.69, 9.17) is 0 Å². The van der Waals surface area contributed by atoms with E-state index in [2.05, 4.69) is 10.3 Å². The highest BCUT2D eigenvalue weighted by atomic mass is 19.4. The lowest BCUT2D eigenvalue weighted by Crippen LogP contribution is -2.28. The number of aromatic nitrogens is 1. The van der Waals surface area contributed by atoms with Crippen LogP contribution in [0.1, 0.15) is 25.0 Å². The maximum Gasteiger partial charge on any atom is 0.389 e. The Bertz CT molecular complexity index is 311. The molecule has 0 saturated carbocycles. The molecule has 0 amide bonds. The molecule has 1 N–H and O–H groups in total. The van der Waals surface area contributed by atoms with Crippen molar-refractivity contribution in [3.8, 4) is 0 Å². The monoisotopic (exact) mass is 246 g/mol. The molecule has 1 unspecified atom stereocenters. The molecule has 1 atom stereocenters. The van der Waals surface area contributed by atoms with Gasteiger partial charge in [-0.05, 0) is 32.0 Å². The highest BCUT2D eigenvalue weighted by molar-refractivity contribution is 5.05. The van der Waals surface area contributed by atoms with Crippen molar-refractivity contribution >= 4 is 0 Å². The van der Waals surface area contributed by atoms with E-state index in [0.29, 0.717) is 12.8 Å². The number of likely N-dealkylation sites (N-methyl/N-ethyl adjacent to an activating group) is 1. The summed E-state index contributed by atoms with van der Waals surface area (Å²) < 4.78 is 36.0. The molecule has 17 heavy (non-hydrogen) atoms. The third kappa shape index (κ3) is 6.26. The van der Waals surface area contributed by atoms with Crippen LogP contribution in [0.3, 0.4) is 0 Å². The Kier molecular flexibility index (Phi) is 5.41. The summed E-state index contributed by atoms with van der Waals surface area (Å²) >= 11 is 0. The second kappa shape index (κ2) is 6.59. The number of nitrogens with zero attached hydrogens (tertiary/aromatic N) is 1. The van der Waals surface area contributed by atoms with Crippen LogP contribution < -0.4 is 5.32 Å². The number of nitrogens with one attached hydrogen (secondary N) is 1. The highest BCUT2D eigenvalue weighted by Gasteiger charge is 2.26. The van der Waals surface area contributed by atoms with Crippen LogP contribution in [0.2, 0.25) is 0 Å². The van der Waals surface area contributed by atoms with Crippen molar-refractivity contribution in [3.05, 3.63) is 30.1 Å². The van der Waals surface area contributed by atoms with Gasteiger partial charge in [0.1, 0.15) is 0 Å². The van der Waals surface area contributed by atoms with Crippen molar-refractivity contribution in [3.63, 3.8) is 0 Å². The molecule has 1 aromatic heterocycles. The first-order valence-electron chi connectivity index (χ1n) is 5.65. The first-order valence-corrected chi connectivity index (χ1v) is 5.65. The molecule has 1 heterocycles. The molecule has 0 saturated heterocycles. The lowest BCUT2D eigenvalue weighted by Gasteiger charge is -2.16. The Balaban J connectivity index is 2.34. The Morgan fingerprint density at radius 2 is 2.12 bits per heavy atom. The number of hydrogen-bond acceptors (Lipinski definition) is 2. The zero-order chi connectivity index (χ0) is 12.7. The van der Waals surface area contributed by atoms with Crippen LogP contribution in [0.5, 0.6) is 0 Å². The molecule has 5 heteroatoms. The molecule has 2 nitrogen and oxygen atoms in total. The summed E-state index contributed by atoms with van der Waals surface area (Å²) in [7, 11) is 1.77. The molecule has 0 aromatic carbocycles. The predicted octanol–water partition coefficient (Wildman–Crippen LogP) is 2.94. The number of halogens is 3. The standard InChI is InChI=1S/C12H17F3N2/c1-16-10(6-4-7-12(13,14)15)9-11-5-2-3-8-17-11/h2-3,5,8,10,16H,4,6-7,9H2,1H3. The van der Waals surface area contributed by atoms with Crippen molar-refractivity contribution in [2.24, 2.45) is 0 Å². The fourth-order valence-electron chi connectivity index (χ4n) is 1.67.